The molecule has 0 aliphatic carbocycles. The van der Waals surface area contributed by atoms with Crippen molar-refractivity contribution in [3.05, 3.63) is 35.4 Å². The highest BCUT2D eigenvalue weighted by atomic mass is 19.1. The normalized spacial score (nSPS) is 13.9. The first-order valence-electron chi connectivity index (χ1n) is 6.44. The minimum absolute atomic E-state index is 0.0586. The topological polar surface area (TPSA) is 55.1 Å². The molecule has 1 rings (SSSR count). The predicted octanol–water partition coefficient (Wildman–Crippen LogP) is 2.66. The van der Waals surface area contributed by atoms with Crippen molar-refractivity contribution in [2.75, 3.05) is 0 Å². The molecule has 0 spiro atoms. The van der Waals surface area contributed by atoms with E-state index in [-0.39, 0.29) is 23.9 Å². The second-order valence-corrected chi connectivity index (χ2v) is 4.71. The van der Waals surface area contributed by atoms with Gasteiger partial charge in [-0.3, -0.25) is 4.79 Å². The number of nitrogens with two attached hydrogens (primary N) is 1. The van der Waals surface area contributed by atoms with Gasteiger partial charge >= 0.3 is 0 Å². The molecule has 0 radical (unpaired) electrons. The summed E-state index contributed by atoms with van der Waals surface area (Å²) < 4.78 is 26.8. The Morgan fingerprint density at radius 2 is 2.11 bits per heavy atom. The third kappa shape index (κ3) is 4.95. The van der Waals surface area contributed by atoms with Crippen molar-refractivity contribution in [1.29, 1.82) is 0 Å². The lowest BCUT2D eigenvalue weighted by Crippen LogP contribution is -2.30. The average Bonchev–Trinajstić information content (AvgIpc) is 2.36. The highest BCUT2D eigenvalue weighted by Gasteiger charge is 2.17. The summed E-state index contributed by atoms with van der Waals surface area (Å²) in [5.74, 6) is -1.23. The maximum atomic E-state index is 13.6. The highest BCUT2D eigenvalue weighted by molar-refractivity contribution is 5.76. The third-order valence-corrected chi connectivity index (χ3v) is 2.90. The van der Waals surface area contributed by atoms with Gasteiger partial charge in [-0.25, -0.2) is 8.78 Å². The molecule has 0 saturated carbocycles. The number of carbonyl (C=O) groups excluding carboxylic acids is 1. The van der Waals surface area contributed by atoms with E-state index in [1.54, 1.807) is 6.92 Å². The molecule has 1 aromatic carbocycles. The molecule has 1 aromatic rings. The summed E-state index contributed by atoms with van der Waals surface area (Å²) in [6, 6.07) is 2.67. The van der Waals surface area contributed by atoms with Crippen molar-refractivity contribution in [2.45, 2.75) is 45.2 Å². The second-order valence-electron chi connectivity index (χ2n) is 4.71. The lowest BCUT2D eigenvalue weighted by molar-refractivity contribution is -0.122. The van der Waals surface area contributed by atoms with E-state index in [1.165, 1.54) is 0 Å². The van der Waals surface area contributed by atoms with Gasteiger partial charge in [0.05, 0.1) is 6.04 Å². The van der Waals surface area contributed by atoms with Crippen LogP contribution in [0.1, 0.15) is 44.7 Å². The summed E-state index contributed by atoms with van der Waals surface area (Å²) in [5, 5.41) is 2.71. The first-order valence-corrected chi connectivity index (χ1v) is 6.44. The van der Waals surface area contributed by atoms with Gasteiger partial charge in [0.2, 0.25) is 5.91 Å². The van der Waals surface area contributed by atoms with Crippen LogP contribution >= 0.6 is 0 Å². The molecule has 2 unspecified atom stereocenters. The summed E-state index contributed by atoms with van der Waals surface area (Å²) in [7, 11) is 0. The number of nitrogens with one attached hydrogen (secondary N) is 1. The van der Waals surface area contributed by atoms with Gasteiger partial charge in [-0.15, -0.1) is 0 Å². The minimum Gasteiger partial charge on any atom is -0.349 e. The van der Waals surface area contributed by atoms with Crippen molar-refractivity contribution in [1.82, 2.24) is 5.32 Å². The third-order valence-electron chi connectivity index (χ3n) is 2.90. The van der Waals surface area contributed by atoms with Crippen LogP contribution in [0.5, 0.6) is 0 Å². The SMILES string of the molecule is CCC(NC(=O)CCC(C)N)c1cc(F)ccc1F. The van der Waals surface area contributed by atoms with Gasteiger partial charge in [0.15, 0.2) is 0 Å². The van der Waals surface area contributed by atoms with Gasteiger partial charge in [0, 0.05) is 18.0 Å². The standard InChI is InChI=1S/C14H20F2N2O/c1-3-13(18-14(19)7-4-9(2)17)11-8-10(15)5-6-12(11)16/h5-6,8-9,13H,3-4,7,17H2,1-2H3,(H,18,19). The molecule has 2 atom stereocenters. The Balaban J connectivity index is 2.72. The van der Waals surface area contributed by atoms with Crippen LogP contribution in [0, 0.1) is 11.6 Å². The molecule has 106 valence electrons. The molecule has 5 heteroatoms. The quantitative estimate of drug-likeness (QED) is 0.835. The van der Waals surface area contributed by atoms with Crippen LogP contribution in [0.2, 0.25) is 0 Å². The molecule has 0 aromatic heterocycles. The Morgan fingerprint density at radius 1 is 1.42 bits per heavy atom. The smallest absolute Gasteiger partial charge is 0.220 e. The number of hydrogen-bond donors (Lipinski definition) is 2. The monoisotopic (exact) mass is 270 g/mol. The largest absolute Gasteiger partial charge is 0.349 e. The lowest BCUT2D eigenvalue weighted by Gasteiger charge is -2.18. The molecular formula is C14H20F2N2O. The zero-order valence-corrected chi connectivity index (χ0v) is 11.2. The molecule has 3 nitrogen and oxygen atoms in total. The van der Waals surface area contributed by atoms with Gasteiger partial charge in [-0.2, -0.15) is 0 Å². The van der Waals surface area contributed by atoms with Crippen LogP contribution in [0.3, 0.4) is 0 Å². The number of carbonyl (C=O) groups is 1. The maximum Gasteiger partial charge on any atom is 0.220 e. The van der Waals surface area contributed by atoms with Gasteiger partial charge < -0.3 is 11.1 Å². The van der Waals surface area contributed by atoms with E-state index in [0.29, 0.717) is 12.8 Å². The summed E-state index contributed by atoms with van der Waals surface area (Å²) in [6.07, 6.45) is 1.34. The number of benzene rings is 1. The molecule has 0 aliphatic heterocycles. The Morgan fingerprint density at radius 3 is 2.68 bits per heavy atom. The van der Waals surface area contributed by atoms with E-state index >= 15 is 0 Å². The van der Waals surface area contributed by atoms with Crippen molar-refractivity contribution in [3.8, 4) is 0 Å². The highest BCUT2D eigenvalue weighted by Crippen LogP contribution is 2.21. The predicted molar refractivity (Wildman–Crippen MR) is 70.4 cm³/mol. The van der Waals surface area contributed by atoms with Crippen molar-refractivity contribution in [3.63, 3.8) is 0 Å². The van der Waals surface area contributed by atoms with Crippen LogP contribution in [0.25, 0.3) is 0 Å². The summed E-state index contributed by atoms with van der Waals surface area (Å²) in [5.41, 5.74) is 5.75. The zero-order chi connectivity index (χ0) is 14.4. The number of halogens is 2. The molecule has 0 bridgehead atoms. The van der Waals surface area contributed by atoms with E-state index < -0.39 is 17.7 Å². The fraction of sp³-hybridized carbons (Fsp3) is 0.500. The fourth-order valence-electron chi connectivity index (χ4n) is 1.81. The van der Waals surface area contributed by atoms with Gasteiger partial charge in [-0.1, -0.05) is 6.92 Å². The van der Waals surface area contributed by atoms with E-state index in [0.717, 1.165) is 18.2 Å². The molecule has 0 heterocycles. The molecule has 0 fully saturated rings. The van der Waals surface area contributed by atoms with Crippen molar-refractivity contribution < 1.29 is 13.6 Å². The van der Waals surface area contributed by atoms with Crippen LogP contribution < -0.4 is 11.1 Å². The van der Waals surface area contributed by atoms with E-state index in [2.05, 4.69) is 5.32 Å². The van der Waals surface area contributed by atoms with Crippen LogP contribution in [-0.2, 0) is 4.79 Å². The number of hydrogen-bond acceptors (Lipinski definition) is 2. The molecule has 1 amide bonds. The Bertz CT molecular complexity index is 435. The number of amides is 1. The number of rotatable bonds is 6. The first kappa shape index (κ1) is 15.6. The summed E-state index contributed by atoms with van der Waals surface area (Å²) >= 11 is 0. The Kier molecular flexibility index (Phi) is 5.89. The zero-order valence-electron chi connectivity index (χ0n) is 11.2. The first-order chi connectivity index (χ1) is 8.93. The molecule has 3 N–H and O–H groups in total. The fourth-order valence-corrected chi connectivity index (χ4v) is 1.81. The summed E-state index contributed by atoms with van der Waals surface area (Å²) in [4.78, 5) is 11.7. The van der Waals surface area contributed by atoms with Crippen molar-refractivity contribution in [2.24, 2.45) is 5.73 Å². The molecule has 0 saturated heterocycles. The van der Waals surface area contributed by atoms with Crippen LogP contribution in [0.4, 0.5) is 8.78 Å². The lowest BCUT2D eigenvalue weighted by atomic mass is 10.0. The molecule has 0 aliphatic rings. The summed E-state index contributed by atoms with van der Waals surface area (Å²) in [6.45, 7) is 3.62. The Labute approximate surface area is 112 Å². The van der Waals surface area contributed by atoms with Gasteiger partial charge in [0.25, 0.3) is 0 Å². The van der Waals surface area contributed by atoms with E-state index in [1.807, 2.05) is 6.92 Å². The van der Waals surface area contributed by atoms with Crippen LogP contribution in [-0.4, -0.2) is 11.9 Å². The van der Waals surface area contributed by atoms with Crippen molar-refractivity contribution >= 4 is 5.91 Å². The van der Waals surface area contributed by atoms with Gasteiger partial charge in [0.1, 0.15) is 11.6 Å². The van der Waals surface area contributed by atoms with E-state index in [9.17, 15) is 13.6 Å². The second kappa shape index (κ2) is 7.19. The average molecular weight is 270 g/mol. The Hall–Kier alpha value is -1.49. The molecule has 19 heavy (non-hydrogen) atoms. The minimum atomic E-state index is -0.517. The maximum absolute atomic E-state index is 13.6. The van der Waals surface area contributed by atoms with E-state index in [4.69, 9.17) is 5.73 Å². The van der Waals surface area contributed by atoms with Crippen LogP contribution in [0.15, 0.2) is 18.2 Å². The van der Waals surface area contributed by atoms with Gasteiger partial charge in [-0.05, 0) is 38.0 Å². The molecular weight excluding hydrogens is 250 g/mol.